The van der Waals surface area contributed by atoms with E-state index in [0.717, 1.165) is 37.5 Å². The molecular weight excluding hydrogens is 736 g/mol. The van der Waals surface area contributed by atoms with Gasteiger partial charge in [0.15, 0.2) is 0 Å². The summed E-state index contributed by atoms with van der Waals surface area (Å²) in [6.45, 7) is 1.83. The summed E-state index contributed by atoms with van der Waals surface area (Å²) >= 11 is 0. The summed E-state index contributed by atoms with van der Waals surface area (Å²) in [5, 5.41) is 77.2. The molecule has 0 radical (unpaired) electrons. The molecule has 0 unspecified atom stereocenters. The molecule has 0 aliphatic heterocycles. The average molecular weight is 768 g/mol. The van der Waals surface area contributed by atoms with Gasteiger partial charge < -0.3 is 90.7 Å². The van der Waals surface area contributed by atoms with Crippen molar-refractivity contribution in [3.05, 3.63) is 0 Å². The molecule has 0 aromatic rings. The van der Waals surface area contributed by atoms with Gasteiger partial charge in [-0.3, -0.25) is 9.80 Å². The van der Waals surface area contributed by atoms with Crippen LogP contribution in [-0.4, -0.2) is 110 Å². The molecule has 0 heterocycles. The number of carboxylic acid groups (broad SMARTS) is 8. The van der Waals surface area contributed by atoms with Crippen LogP contribution in [0, 0.1) is 0 Å². The second kappa shape index (κ2) is 71.9. The summed E-state index contributed by atoms with van der Waals surface area (Å²) in [6.07, 6.45) is 0. The third-order valence-electron chi connectivity index (χ3n) is 2.31. The molecule has 0 saturated heterocycles. The molecule has 0 rings (SSSR count). The van der Waals surface area contributed by atoms with E-state index >= 15 is 0 Å². The number of hydrogen-bond donors (Lipinski definition) is 2. The second-order valence-corrected chi connectivity index (χ2v) is 6.45. The molecule has 0 amide bonds. The molecule has 0 aliphatic carbocycles. The Hall–Kier alpha value is 3.60. The molecular formula is C20H32N4Na8O16. The van der Waals surface area contributed by atoms with E-state index in [0.29, 0.717) is 13.1 Å². The van der Waals surface area contributed by atoms with Crippen LogP contribution in [0.4, 0.5) is 0 Å². The Labute approximate surface area is 456 Å². The van der Waals surface area contributed by atoms with Gasteiger partial charge in [-0.25, -0.2) is 0 Å². The van der Waals surface area contributed by atoms with Crippen LogP contribution in [0.25, 0.3) is 0 Å². The smallest absolute Gasteiger partial charge is 0.550 e. The Morgan fingerprint density at radius 1 is 0.375 bits per heavy atom. The summed E-state index contributed by atoms with van der Waals surface area (Å²) in [4.78, 5) is 79.0. The van der Waals surface area contributed by atoms with E-state index in [2.05, 4.69) is 0 Å². The molecule has 4 N–H and O–H groups in total. The Kier molecular flexibility index (Phi) is 140. The van der Waals surface area contributed by atoms with Crippen LogP contribution < -0.4 is 289 Å². The van der Waals surface area contributed by atoms with Crippen molar-refractivity contribution in [2.45, 2.75) is 27.7 Å². The number of carbonyl (C=O) groups excluding carboxylic acids is 8. The van der Waals surface area contributed by atoms with Gasteiger partial charge in [0.05, 0.1) is 23.9 Å². The summed E-state index contributed by atoms with van der Waals surface area (Å²) in [5.41, 5.74) is 9.81. The van der Waals surface area contributed by atoms with Gasteiger partial charge in [0.25, 0.3) is 0 Å². The van der Waals surface area contributed by atoms with Gasteiger partial charge in [-0.2, -0.15) is 0 Å². The zero-order chi connectivity index (χ0) is 33.4. The molecule has 48 heavy (non-hydrogen) atoms. The van der Waals surface area contributed by atoms with Crippen LogP contribution in [0.5, 0.6) is 0 Å². The average Bonchev–Trinajstić information content (AvgIpc) is 2.68. The summed E-state index contributed by atoms with van der Waals surface area (Å²) < 4.78 is 0. The maximum atomic E-state index is 10.4. The van der Waals surface area contributed by atoms with E-state index in [1.54, 1.807) is 0 Å². The van der Waals surface area contributed by atoms with Crippen LogP contribution >= 0.6 is 0 Å². The van der Waals surface area contributed by atoms with Crippen molar-refractivity contribution in [3.63, 3.8) is 0 Å². The van der Waals surface area contributed by atoms with Gasteiger partial charge >= 0.3 is 236 Å². The van der Waals surface area contributed by atoms with E-state index in [1.165, 1.54) is 0 Å². The summed E-state index contributed by atoms with van der Waals surface area (Å²) in [5.74, 6) is -10.5. The van der Waals surface area contributed by atoms with Crippen LogP contribution in [0.15, 0.2) is 0 Å². The van der Waals surface area contributed by atoms with Crippen molar-refractivity contribution in [2.24, 2.45) is 11.5 Å². The predicted octanol–water partition coefficient (Wildman–Crippen LogP) is -37.4. The fourth-order valence-electron chi connectivity index (χ4n) is 1.44. The van der Waals surface area contributed by atoms with E-state index in [4.69, 9.17) is 51.1 Å². The third kappa shape index (κ3) is 179. The van der Waals surface area contributed by atoms with Crippen LogP contribution in [0.3, 0.4) is 0 Å². The van der Waals surface area contributed by atoms with E-state index < -0.39 is 73.9 Å². The Bertz CT molecular complexity index is 658. The SMILES string of the molecule is CC(=O)[O-].CC(=O)[O-].CC(=O)[O-].CC(=O)[O-].NCCN.O=C([O-])CN(CCN(CC(=O)[O-])CC(=O)[O-])CC(=O)[O-].[Na+].[Na+].[Na+].[Na+].[Na+].[Na+].[Na+].[Na+]. The minimum absolute atomic E-state index is 0. The van der Waals surface area contributed by atoms with Gasteiger partial charge in [0.1, 0.15) is 0 Å². The predicted molar refractivity (Wildman–Crippen MR) is 114 cm³/mol. The van der Waals surface area contributed by atoms with Crippen molar-refractivity contribution in [3.8, 4) is 0 Å². The summed E-state index contributed by atoms with van der Waals surface area (Å²) in [7, 11) is 0. The van der Waals surface area contributed by atoms with E-state index in [9.17, 15) is 39.6 Å². The van der Waals surface area contributed by atoms with Crippen LogP contribution in [0.1, 0.15) is 27.7 Å². The molecule has 0 spiro atoms. The fourth-order valence-corrected chi connectivity index (χ4v) is 1.44. The largest absolute Gasteiger partial charge is 1.00 e. The first kappa shape index (κ1) is 93.4. The Morgan fingerprint density at radius 3 is 0.542 bits per heavy atom. The van der Waals surface area contributed by atoms with Crippen molar-refractivity contribution < 1.29 is 316 Å². The van der Waals surface area contributed by atoms with E-state index in [-0.39, 0.29) is 250 Å². The third-order valence-corrected chi connectivity index (χ3v) is 2.31. The number of nitrogens with zero attached hydrogens (tertiary/aromatic N) is 2. The van der Waals surface area contributed by atoms with Gasteiger partial charge in [-0.15, -0.1) is 0 Å². The number of rotatable bonds is 12. The summed E-state index contributed by atoms with van der Waals surface area (Å²) in [6, 6.07) is 0. The topological polar surface area (TPSA) is 380 Å². The normalized spacial score (nSPS) is 7.17. The van der Waals surface area contributed by atoms with Crippen molar-refractivity contribution in [1.29, 1.82) is 0 Å². The maximum Gasteiger partial charge on any atom is 1.00 e. The number of hydrogen-bond acceptors (Lipinski definition) is 20. The first-order valence-corrected chi connectivity index (χ1v) is 10.4. The number of carbonyl (C=O) groups is 8. The van der Waals surface area contributed by atoms with Crippen LogP contribution in [-0.2, 0) is 38.4 Å². The first-order chi connectivity index (χ1) is 18.0. The molecule has 0 aromatic heterocycles. The van der Waals surface area contributed by atoms with Crippen LogP contribution in [0.2, 0.25) is 0 Å². The number of carboxylic acids is 8. The van der Waals surface area contributed by atoms with Crippen molar-refractivity contribution in [2.75, 3.05) is 52.4 Å². The maximum absolute atomic E-state index is 10.4. The molecule has 0 aromatic carbocycles. The standard InChI is InChI=1S/C10H16N2O8.C2H8N2.4C2H4O2.8Na/c13-7(14)3-11(4-8(15)16)1-2-12(5-9(17)18)6-10(19)20;3-1-2-4;4*1-2(3)4;;;;;;;;/h1-6H2,(H,13,14)(H,15,16)(H,17,18)(H,19,20);1-4H2;4*1H3,(H,3,4);;;;;;;;/q;;;;;;8*+1/p-8. The molecule has 0 saturated carbocycles. The van der Waals surface area contributed by atoms with Crippen molar-refractivity contribution >= 4 is 47.8 Å². The quantitative estimate of drug-likeness (QED) is 0.174. The van der Waals surface area contributed by atoms with Crippen molar-refractivity contribution in [1.82, 2.24) is 9.80 Å². The first-order valence-electron chi connectivity index (χ1n) is 10.4. The number of nitrogens with two attached hydrogens (primary N) is 2. The molecule has 20 nitrogen and oxygen atoms in total. The molecule has 0 fully saturated rings. The molecule has 0 atom stereocenters. The van der Waals surface area contributed by atoms with E-state index in [1.807, 2.05) is 0 Å². The Balaban J connectivity index is -0.0000000289. The second-order valence-electron chi connectivity index (χ2n) is 6.45. The number of aliphatic carboxylic acids is 8. The van der Waals surface area contributed by atoms with Gasteiger partial charge in [-0.1, -0.05) is 0 Å². The van der Waals surface area contributed by atoms with Gasteiger partial charge in [-0.05, 0) is 27.7 Å². The molecule has 236 valence electrons. The molecule has 0 bridgehead atoms. The minimum atomic E-state index is -1.53. The molecule has 0 aliphatic rings. The molecule has 28 heteroatoms. The monoisotopic (exact) mass is 768 g/mol. The Morgan fingerprint density at radius 2 is 0.479 bits per heavy atom. The minimum Gasteiger partial charge on any atom is -0.550 e. The van der Waals surface area contributed by atoms with Gasteiger partial charge in [0, 0.05) is 76.2 Å². The van der Waals surface area contributed by atoms with Gasteiger partial charge in [0.2, 0.25) is 0 Å². The zero-order valence-electron chi connectivity index (χ0n) is 30.2. The zero-order valence-corrected chi connectivity index (χ0v) is 46.2. The fraction of sp³-hybridized carbons (Fsp3) is 0.600.